The molecule has 7 heteroatoms. The van der Waals surface area contributed by atoms with Crippen molar-refractivity contribution < 1.29 is 19.1 Å². The van der Waals surface area contributed by atoms with E-state index >= 15 is 0 Å². The summed E-state index contributed by atoms with van der Waals surface area (Å²) < 4.78 is 12.4. The highest BCUT2D eigenvalue weighted by atomic mass is 35.5. The van der Waals surface area contributed by atoms with E-state index in [1.54, 1.807) is 54.1 Å². The van der Waals surface area contributed by atoms with Gasteiger partial charge in [0.2, 0.25) is 0 Å². The smallest absolute Gasteiger partial charge is 0.262 e. The number of rotatable bonds is 7. The van der Waals surface area contributed by atoms with Gasteiger partial charge in [0.25, 0.3) is 11.8 Å². The number of halogens is 1. The maximum absolute atomic E-state index is 13.4. The number of carbonyl (C=O) groups excluding carboxylic acids is 2. The second kappa shape index (κ2) is 10.0. The largest absolute Gasteiger partial charge is 0.497 e. The van der Waals surface area contributed by atoms with Crippen LogP contribution in [0.25, 0.3) is 10.9 Å². The number of carbonyl (C=O) groups is 2. The Balaban J connectivity index is 1.65. The zero-order valence-electron chi connectivity index (χ0n) is 19.2. The average molecular weight is 477 g/mol. The number of nitrogens with one attached hydrogen (secondary N) is 1. The normalized spacial score (nSPS) is 10.8. The van der Waals surface area contributed by atoms with E-state index in [1.165, 1.54) is 7.11 Å². The van der Waals surface area contributed by atoms with Gasteiger partial charge in [0.05, 0.1) is 25.3 Å². The standard InChI is InChI=1S/C27H25ClN2O4/c1-17-21(14-15-29-26(31)22-6-4-5-7-25(22)34-3)23-16-20(33-2)12-13-24(23)30(17)27(32)18-8-10-19(28)11-9-18/h4-13,16H,14-15H2,1-3H3,(H,29,31). The van der Waals surface area contributed by atoms with Crippen LogP contribution in [0.4, 0.5) is 0 Å². The Bertz CT molecular complexity index is 1360. The molecule has 0 saturated carbocycles. The summed E-state index contributed by atoms with van der Waals surface area (Å²) in [5.41, 5.74) is 3.58. The molecule has 0 bridgehead atoms. The average Bonchev–Trinajstić information content (AvgIpc) is 3.14. The first-order valence-corrected chi connectivity index (χ1v) is 11.2. The molecule has 1 heterocycles. The highest BCUT2D eigenvalue weighted by molar-refractivity contribution is 6.30. The van der Waals surface area contributed by atoms with Crippen molar-refractivity contribution in [2.75, 3.05) is 20.8 Å². The lowest BCUT2D eigenvalue weighted by atomic mass is 10.1. The summed E-state index contributed by atoms with van der Waals surface area (Å²) >= 11 is 6.00. The third-order valence-electron chi connectivity index (χ3n) is 5.85. The minimum atomic E-state index is -0.214. The van der Waals surface area contributed by atoms with Crippen molar-refractivity contribution in [3.63, 3.8) is 0 Å². The van der Waals surface area contributed by atoms with Crippen LogP contribution in [-0.4, -0.2) is 37.1 Å². The summed E-state index contributed by atoms with van der Waals surface area (Å²) in [5.74, 6) is 0.858. The maximum Gasteiger partial charge on any atom is 0.262 e. The molecule has 0 spiro atoms. The summed E-state index contributed by atoms with van der Waals surface area (Å²) in [4.78, 5) is 26.1. The van der Waals surface area contributed by atoms with Crippen LogP contribution < -0.4 is 14.8 Å². The molecule has 4 aromatic rings. The second-order valence-electron chi connectivity index (χ2n) is 7.80. The van der Waals surface area contributed by atoms with Crippen LogP contribution in [0.5, 0.6) is 11.5 Å². The number of ether oxygens (including phenoxy) is 2. The lowest BCUT2D eigenvalue weighted by Gasteiger charge is -2.10. The molecule has 0 fully saturated rings. The van der Waals surface area contributed by atoms with Crippen molar-refractivity contribution in [2.45, 2.75) is 13.3 Å². The van der Waals surface area contributed by atoms with Gasteiger partial charge in [-0.05, 0) is 73.5 Å². The monoisotopic (exact) mass is 476 g/mol. The molecule has 0 atom stereocenters. The fourth-order valence-electron chi connectivity index (χ4n) is 4.12. The summed E-state index contributed by atoms with van der Waals surface area (Å²) in [6, 6.07) is 19.6. The number of aromatic nitrogens is 1. The zero-order valence-corrected chi connectivity index (χ0v) is 20.0. The van der Waals surface area contributed by atoms with E-state index in [9.17, 15) is 9.59 Å². The molecule has 0 aliphatic rings. The van der Waals surface area contributed by atoms with Crippen LogP contribution >= 0.6 is 11.6 Å². The van der Waals surface area contributed by atoms with Gasteiger partial charge in [-0.25, -0.2) is 0 Å². The van der Waals surface area contributed by atoms with Gasteiger partial charge in [-0.15, -0.1) is 0 Å². The number of nitrogens with zero attached hydrogens (tertiary/aromatic N) is 1. The number of fused-ring (bicyclic) bond motifs is 1. The van der Waals surface area contributed by atoms with E-state index in [2.05, 4.69) is 5.32 Å². The van der Waals surface area contributed by atoms with Crippen LogP contribution in [0.15, 0.2) is 66.7 Å². The van der Waals surface area contributed by atoms with Gasteiger partial charge < -0.3 is 14.8 Å². The first-order valence-electron chi connectivity index (χ1n) is 10.8. The molecule has 174 valence electrons. The molecular weight excluding hydrogens is 452 g/mol. The second-order valence-corrected chi connectivity index (χ2v) is 8.24. The summed E-state index contributed by atoms with van der Waals surface area (Å²) in [5, 5.41) is 4.44. The minimum absolute atomic E-state index is 0.145. The van der Waals surface area contributed by atoms with Gasteiger partial charge in [-0.1, -0.05) is 23.7 Å². The Morgan fingerprint density at radius 1 is 0.971 bits per heavy atom. The van der Waals surface area contributed by atoms with Gasteiger partial charge in [0.15, 0.2) is 0 Å². The first kappa shape index (κ1) is 23.4. The predicted molar refractivity (Wildman–Crippen MR) is 133 cm³/mol. The number of benzene rings is 3. The molecular formula is C27H25ClN2O4. The summed E-state index contributed by atoms with van der Waals surface area (Å²) in [6.45, 7) is 2.31. The SMILES string of the molecule is COc1ccc2c(c1)c(CCNC(=O)c1ccccc1OC)c(C)n2C(=O)c1ccc(Cl)cc1. The molecule has 3 aromatic carbocycles. The van der Waals surface area contributed by atoms with E-state index in [0.29, 0.717) is 40.6 Å². The Kier molecular flexibility index (Phi) is 6.89. The number of para-hydroxylation sites is 1. The van der Waals surface area contributed by atoms with E-state index < -0.39 is 0 Å². The number of hydrogen-bond donors (Lipinski definition) is 1. The molecule has 1 aromatic heterocycles. The highest BCUT2D eigenvalue weighted by Gasteiger charge is 2.21. The molecule has 0 radical (unpaired) electrons. The fraction of sp³-hybridized carbons (Fsp3) is 0.185. The van der Waals surface area contributed by atoms with Crippen LogP contribution in [0.3, 0.4) is 0 Å². The third-order valence-corrected chi connectivity index (χ3v) is 6.10. The number of amides is 1. The highest BCUT2D eigenvalue weighted by Crippen LogP contribution is 2.31. The number of methoxy groups -OCH3 is 2. The predicted octanol–water partition coefficient (Wildman–Crippen LogP) is 5.28. The topological polar surface area (TPSA) is 69.6 Å². The van der Waals surface area contributed by atoms with E-state index in [0.717, 1.165) is 22.2 Å². The molecule has 0 aliphatic carbocycles. The molecule has 0 aliphatic heterocycles. The van der Waals surface area contributed by atoms with Crippen LogP contribution in [0.1, 0.15) is 32.0 Å². The van der Waals surface area contributed by atoms with Crippen LogP contribution in [0, 0.1) is 6.92 Å². The first-order chi connectivity index (χ1) is 16.4. The molecule has 0 unspecified atom stereocenters. The Hall–Kier alpha value is -3.77. The van der Waals surface area contributed by atoms with Crippen molar-refractivity contribution in [1.29, 1.82) is 0 Å². The van der Waals surface area contributed by atoms with Crippen molar-refractivity contribution in [2.24, 2.45) is 0 Å². The molecule has 4 rings (SSSR count). The van der Waals surface area contributed by atoms with Crippen molar-refractivity contribution in [1.82, 2.24) is 9.88 Å². The lowest BCUT2D eigenvalue weighted by molar-refractivity contribution is 0.0945. The lowest BCUT2D eigenvalue weighted by Crippen LogP contribution is -2.26. The van der Waals surface area contributed by atoms with E-state index in [-0.39, 0.29) is 11.8 Å². The van der Waals surface area contributed by atoms with E-state index in [4.69, 9.17) is 21.1 Å². The summed E-state index contributed by atoms with van der Waals surface area (Å²) in [6.07, 6.45) is 0.539. The van der Waals surface area contributed by atoms with Gasteiger partial charge in [-0.3, -0.25) is 14.2 Å². The third kappa shape index (κ3) is 4.50. The summed E-state index contributed by atoms with van der Waals surface area (Å²) in [7, 11) is 3.15. The quantitative estimate of drug-likeness (QED) is 0.394. The zero-order chi connectivity index (χ0) is 24.2. The molecule has 34 heavy (non-hydrogen) atoms. The van der Waals surface area contributed by atoms with Gasteiger partial charge >= 0.3 is 0 Å². The van der Waals surface area contributed by atoms with Crippen LogP contribution in [0.2, 0.25) is 5.02 Å². The Morgan fingerprint density at radius 2 is 1.71 bits per heavy atom. The van der Waals surface area contributed by atoms with Gasteiger partial charge in [0, 0.05) is 28.2 Å². The molecule has 6 nitrogen and oxygen atoms in total. The van der Waals surface area contributed by atoms with Gasteiger partial charge in [-0.2, -0.15) is 0 Å². The minimum Gasteiger partial charge on any atom is -0.497 e. The molecule has 1 amide bonds. The molecule has 1 N–H and O–H groups in total. The van der Waals surface area contributed by atoms with Crippen molar-refractivity contribution >= 4 is 34.3 Å². The Morgan fingerprint density at radius 3 is 2.41 bits per heavy atom. The molecule has 0 saturated heterocycles. The van der Waals surface area contributed by atoms with Gasteiger partial charge in [0.1, 0.15) is 11.5 Å². The van der Waals surface area contributed by atoms with Crippen LogP contribution in [-0.2, 0) is 6.42 Å². The van der Waals surface area contributed by atoms with Crippen molar-refractivity contribution in [3.8, 4) is 11.5 Å². The Labute approximate surface area is 203 Å². The maximum atomic E-state index is 13.4. The van der Waals surface area contributed by atoms with Crippen molar-refractivity contribution in [3.05, 3.63) is 94.1 Å². The number of hydrogen-bond acceptors (Lipinski definition) is 4. The fourth-order valence-corrected chi connectivity index (χ4v) is 4.24. The van der Waals surface area contributed by atoms with E-state index in [1.807, 2.05) is 31.2 Å².